The third-order valence-corrected chi connectivity index (χ3v) is 7.82. The van der Waals surface area contributed by atoms with E-state index in [0.29, 0.717) is 11.4 Å². The largest absolute Gasteiger partial charge is 0.493 e. The zero-order valence-electron chi connectivity index (χ0n) is 22.4. The highest BCUT2D eigenvalue weighted by Crippen LogP contribution is 2.36. The predicted molar refractivity (Wildman–Crippen MR) is 147 cm³/mol. The number of methoxy groups -OCH3 is 1. The SMILES string of the molecule is COc1cc(-c2[nH]nc(-c3ccc(N4CCN(CC5CCOCC5)CC4)cn3)c2C(C)C)cn2ncnc12. The molecule has 38 heavy (non-hydrogen) atoms. The molecule has 2 aliphatic rings. The van der Waals surface area contributed by atoms with Gasteiger partial charge in [-0.05, 0) is 42.9 Å². The predicted octanol–water partition coefficient (Wildman–Crippen LogP) is 3.86. The molecular weight excluding hydrogens is 480 g/mol. The van der Waals surface area contributed by atoms with E-state index in [0.717, 1.165) is 73.5 Å². The molecule has 0 spiro atoms. The van der Waals surface area contributed by atoms with Crippen LogP contribution in [0, 0.1) is 5.92 Å². The Bertz CT molecular complexity index is 1370. The Balaban J connectivity index is 1.19. The van der Waals surface area contributed by atoms with Crippen molar-refractivity contribution < 1.29 is 9.47 Å². The molecule has 4 aromatic rings. The number of ether oxygens (including phenoxy) is 2. The van der Waals surface area contributed by atoms with Gasteiger partial charge in [-0.1, -0.05) is 13.8 Å². The van der Waals surface area contributed by atoms with Gasteiger partial charge in [-0.3, -0.25) is 15.0 Å². The first-order valence-corrected chi connectivity index (χ1v) is 13.6. The fraction of sp³-hybridized carbons (Fsp3) is 0.500. The van der Waals surface area contributed by atoms with Crippen LogP contribution in [0.5, 0.6) is 5.75 Å². The van der Waals surface area contributed by atoms with Crippen molar-refractivity contribution in [1.29, 1.82) is 0 Å². The first kappa shape index (κ1) is 24.8. The summed E-state index contributed by atoms with van der Waals surface area (Å²) < 4.78 is 12.8. The molecule has 0 aromatic carbocycles. The maximum atomic E-state index is 5.57. The van der Waals surface area contributed by atoms with Gasteiger partial charge < -0.3 is 14.4 Å². The molecule has 0 aliphatic carbocycles. The van der Waals surface area contributed by atoms with E-state index in [1.165, 1.54) is 31.4 Å². The van der Waals surface area contributed by atoms with Crippen LogP contribution in [0.25, 0.3) is 28.3 Å². The Morgan fingerprint density at radius 1 is 1.11 bits per heavy atom. The summed E-state index contributed by atoms with van der Waals surface area (Å²) in [6.07, 6.45) is 7.86. The number of aromatic amines is 1. The number of nitrogens with one attached hydrogen (secondary N) is 1. The molecule has 0 amide bonds. The maximum Gasteiger partial charge on any atom is 0.197 e. The van der Waals surface area contributed by atoms with E-state index in [4.69, 9.17) is 19.6 Å². The van der Waals surface area contributed by atoms with Crippen molar-refractivity contribution in [1.82, 2.24) is 34.7 Å². The first-order chi connectivity index (χ1) is 18.6. The number of H-pyrrole nitrogens is 1. The topological polar surface area (TPSA) is 96.7 Å². The molecule has 1 N–H and O–H groups in total. The van der Waals surface area contributed by atoms with Gasteiger partial charge in [0.2, 0.25) is 0 Å². The van der Waals surface area contributed by atoms with Gasteiger partial charge in [0.15, 0.2) is 11.4 Å². The number of hydrogen-bond donors (Lipinski definition) is 1. The zero-order valence-corrected chi connectivity index (χ0v) is 22.4. The van der Waals surface area contributed by atoms with Gasteiger partial charge >= 0.3 is 0 Å². The van der Waals surface area contributed by atoms with Gasteiger partial charge in [-0.25, -0.2) is 9.50 Å². The highest BCUT2D eigenvalue weighted by molar-refractivity contribution is 5.75. The molecule has 6 heterocycles. The lowest BCUT2D eigenvalue weighted by Crippen LogP contribution is -2.48. The van der Waals surface area contributed by atoms with E-state index in [2.05, 4.69) is 51.0 Å². The average Bonchev–Trinajstić information content (AvgIpc) is 3.61. The molecular formula is C28H36N8O2. The van der Waals surface area contributed by atoms with Crippen LogP contribution < -0.4 is 9.64 Å². The number of anilines is 1. The second-order valence-electron chi connectivity index (χ2n) is 10.6. The van der Waals surface area contributed by atoms with Crippen LogP contribution in [0.2, 0.25) is 0 Å². The van der Waals surface area contributed by atoms with Crippen LogP contribution in [-0.4, -0.2) is 87.7 Å². The summed E-state index contributed by atoms with van der Waals surface area (Å²) in [4.78, 5) is 14.2. The molecule has 0 saturated carbocycles. The second-order valence-corrected chi connectivity index (χ2v) is 10.6. The molecule has 0 bridgehead atoms. The summed E-state index contributed by atoms with van der Waals surface area (Å²) in [5.74, 6) is 1.69. The Kier molecular flexibility index (Phi) is 6.99. The van der Waals surface area contributed by atoms with Crippen molar-refractivity contribution in [2.24, 2.45) is 5.92 Å². The quantitative estimate of drug-likeness (QED) is 0.396. The zero-order chi connectivity index (χ0) is 26.1. The van der Waals surface area contributed by atoms with Crippen molar-refractivity contribution in [2.75, 3.05) is 57.9 Å². The lowest BCUT2D eigenvalue weighted by molar-refractivity contribution is 0.0517. The van der Waals surface area contributed by atoms with Crippen molar-refractivity contribution in [3.63, 3.8) is 0 Å². The smallest absolute Gasteiger partial charge is 0.197 e. The van der Waals surface area contributed by atoms with Gasteiger partial charge in [0.05, 0.1) is 30.4 Å². The summed E-state index contributed by atoms with van der Waals surface area (Å²) in [7, 11) is 1.65. The van der Waals surface area contributed by atoms with Crippen LogP contribution in [0.15, 0.2) is 36.9 Å². The van der Waals surface area contributed by atoms with Crippen molar-refractivity contribution in [2.45, 2.75) is 32.6 Å². The summed E-state index contributed by atoms with van der Waals surface area (Å²) in [5, 5.41) is 12.3. The third-order valence-electron chi connectivity index (χ3n) is 7.82. The minimum Gasteiger partial charge on any atom is -0.493 e. The fourth-order valence-corrected chi connectivity index (χ4v) is 5.71. The molecule has 0 atom stereocenters. The van der Waals surface area contributed by atoms with E-state index in [-0.39, 0.29) is 5.92 Å². The monoisotopic (exact) mass is 516 g/mol. The highest BCUT2D eigenvalue weighted by Gasteiger charge is 2.24. The van der Waals surface area contributed by atoms with Crippen LogP contribution in [0.4, 0.5) is 5.69 Å². The number of fused-ring (bicyclic) bond motifs is 1. The van der Waals surface area contributed by atoms with Crippen molar-refractivity contribution >= 4 is 11.3 Å². The number of piperazine rings is 1. The number of rotatable bonds is 7. The van der Waals surface area contributed by atoms with E-state index in [1.807, 2.05) is 18.5 Å². The van der Waals surface area contributed by atoms with Crippen molar-refractivity contribution in [3.8, 4) is 28.4 Å². The van der Waals surface area contributed by atoms with E-state index >= 15 is 0 Å². The minimum absolute atomic E-state index is 0.237. The Morgan fingerprint density at radius 3 is 2.63 bits per heavy atom. The standard InChI is InChI=1S/C28H36N8O2/c1-19(2)25-26(21-14-24(37-3)28-30-18-31-36(28)17-21)32-33-27(25)23-5-4-22(15-29-23)35-10-8-34(9-11-35)16-20-6-12-38-13-7-20/h4-5,14-15,17-20H,6-13,16H2,1-3H3,(H,32,33). The molecule has 0 radical (unpaired) electrons. The van der Waals surface area contributed by atoms with Crippen LogP contribution in [-0.2, 0) is 4.74 Å². The molecule has 2 saturated heterocycles. The summed E-state index contributed by atoms with van der Waals surface area (Å²) in [5.41, 5.74) is 6.60. The number of nitrogens with zero attached hydrogens (tertiary/aromatic N) is 7. The average molecular weight is 517 g/mol. The molecule has 6 rings (SSSR count). The van der Waals surface area contributed by atoms with Crippen LogP contribution in [0.3, 0.4) is 0 Å². The van der Waals surface area contributed by atoms with Gasteiger partial charge in [0, 0.05) is 63.3 Å². The number of pyridine rings is 2. The summed E-state index contributed by atoms with van der Waals surface area (Å²) >= 11 is 0. The molecule has 4 aromatic heterocycles. The van der Waals surface area contributed by atoms with Gasteiger partial charge in [-0.2, -0.15) is 10.2 Å². The Hall–Kier alpha value is -3.50. The van der Waals surface area contributed by atoms with Gasteiger partial charge in [0.1, 0.15) is 12.0 Å². The minimum atomic E-state index is 0.237. The molecule has 0 unspecified atom stereocenters. The van der Waals surface area contributed by atoms with E-state index in [1.54, 1.807) is 11.6 Å². The van der Waals surface area contributed by atoms with Crippen LogP contribution >= 0.6 is 0 Å². The molecule has 10 heteroatoms. The number of aromatic nitrogens is 6. The fourth-order valence-electron chi connectivity index (χ4n) is 5.71. The normalized spacial score (nSPS) is 17.5. The maximum absolute atomic E-state index is 5.57. The van der Waals surface area contributed by atoms with E-state index in [9.17, 15) is 0 Å². The molecule has 10 nitrogen and oxygen atoms in total. The molecule has 200 valence electrons. The summed E-state index contributed by atoms with van der Waals surface area (Å²) in [6.45, 7) is 11.6. The molecule has 2 fully saturated rings. The van der Waals surface area contributed by atoms with E-state index < -0.39 is 0 Å². The second kappa shape index (κ2) is 10.7. The Labute approximate surface area is 223 Å². The Morgan fingerprint density at radius 2 is 1.92 bits per heavy atom. The van der Waals surface area contributed by atoms with Crippen LogP contribution in [0.1, 0.15) is 38.2 Å². The van der Waals surface area contributed by atoms with Gasteiger partial charge in [0.25, 0.3) is 0 Å². The third kappa shape index (κ3) is 4.86. The summed E-state index contributed by atoms with van der Waals surface area (Å²) in [6, 6.07) is 6.25. The highest BCUT2D eigenvalue weighted by atomic mass is 16.5. The van der Waals surface area contributed by atoms with Crippen molar-refractivity contribution in [3.05, 3.63) is 42.5 Å². The number of hydrogen-bond acceptors (Lipinski definition) is 8. The molecule has 2 aliphatic heterocycles. The lowest BCUT2D eigenvalue weighted by Gasteiger charge is -2.38. The lowest BCUT2D eigenvalue weighted by atomic mass is 9.96. The first-order valence-electron chi connectivity index (χ1n) is 13.6. The van der Waals surface area contributed by atoms with Gasteiger partial charge in [-0.15, -0.1) is 0 Å².